The summed E-state index contributed by atoms with van der Waals surface area (Å²) < 4.78 is 0. The predicted molar refractivity (Wildman–Crippen MR) is 56.3 cm³/mol. The first-order chi connectivity index (χ1) is 6.08. The molecular weight excluding hydrogens is 160 g/mol. The fourth-order valence-electron chi connectivity index (χ4n) is 2.28. The fraction of sp³-hybridized carbons (Fsp3) is 0.818. The Kier molecular flexibility index (Phi) is 3.35. The average Bonchev–Trinajstić information content (AvgIpc) is 2.32. The summed E-state index contributed by atoms with van der Waals surface area (Å²) in [6.45, 7) is 4.03. The Balaban J connectivity index is 2.47. The van der Waals surface area contributed by atoms with Gasteiger partial charge in [0.2, 0.25) is 0 Å². The van der Waals surface area contributed by atoms with Gasteiger partial charge in [-0.05, 0) is 25.3 Å². The molecule has 0 radical (unpaired) electrons. The van der Waals surface area contributed by atoms with Gasteiger partial charge in [-0.15, -0.1) is 6.42 Å². The van der Waals surface area contributed by atoms with Gasteiger partial charge in [-0.25, -0.2) is 0 Å². The molecule has 0 saturated heterocycles. The summed E-state index contributed by atoms with van der Waals surface area (Å²) in [7, 11) is 2.07. The second-order valence-corrected chi connectivity index (χ2v) is 4.53. The van der Waals surface area contributed by atoms with Gasteiger partial charge in [0.25, 0.3) is 0 Å². The van der Waals surface area contributed by atoms with Gasteiger partial charge in [0.1, 0.15) is 0 Å². The van der Waals surface area contributed by atoms with E-state index in [0.717, 1.165) is 13.1 Å². The Morgan fingerprint density at radius 3 is 2.85 bits per heavy atom. The van der Waals surface area contributed by atoms with Crippen LogP contribution in [0.3, 0.4) is 0 Å². The third-order valence-electron chi connectivity index (χ3n) is 3.15. The zero-order chi connectivity index (χ0) is 9.90. The lowest BCUT2D eigenvalue weighted by Crippen LogP contribution is -2.43. The first-order valence-electron chi connectivity index (χ1n) is 4.96. The van der Waals surface area contributed by atoms with Crippen LogP contribution in [-0.2, 0) is 0 Å². The molecule has 2 N–H and O–H groups in total. The Morgan fingerprint density at radius 2 is 2.38 bits per heavy atom. The Bertz CT molecular complexity index is 207. The average molecular weight is 180 g/mol. The van der Waals surface area contributed by atoms with Crippen molar-refractivity contribution >= 4 is 0 Å². The number of nitrogens with zero attached hydrogens (tertiary/aromatic N) is 1. The molecule has 2 nitrogen and oxygen atoms in total. The van der Waals surface area contributed by atoms with Crippen molar-refractivity contribution < 1.29 is 0 Å². The van der Waals surface area contributed by atoms with Gasteiger partial charge < -0.3 is 5.73 Å². The highest BCUT2D eigenvalue weighted by Gasteiger charge is 2.36. The second kappa shape index (κ2) is 4.13. The van der Waals surface area contributed by atoms with Gasteiger partial charge in [-0.2, -0.15) is 0 Å². The minimum atomic E-state index is 0.283. The van der Waals surface area contributed by atoms with Crippen LogP contribution in [0.2, 0.25) is 0 Å². The lowest BCUT2D eigenvalue weighted by Gasteiger charge is -2.32. The summed E-state index contributed by atoms with van der Waals surface area (Å²) in [6.07, 6.45) is 8.93. The maximum absolute atomic E-state index is 6.08. The summed E-state index contributed by atoms with van der Waals surface area (Å²) in [6, 6.07) is 0.354. The Labute approximate surface area is 81.5 Å². The van der Waals surface area contributed by atoms with Crippen molar-refractivity contribution in [1.29, 1.82) is 0 Å². The zero-order valence-electron chi connectivity index (χ0n) is 8.71. The number of terminal acetylenes is 1. The molecule has 0 bridgehead atoms. The first-order valence-corrected chi connectivity index (χ1v) is 4.96. The van der Waals surface area contributed by atoms with Crippen molar-refractivity contribution in [2.75, 3.05) is 20.1 Å². The fourth-order valence-corrected chi connectivity index (χ4v) is 2.28. The van der Waals surface area contributed by atoms with Gasteiger partial charge in [0, 0.05) is 12.6 Å². The van der Waals surface area contributed by atoms with Crippen molar-refractivity contribution in [2.45, 2.75) is 32.2 Å². The lowest BCUT2D eigenvalue weighted by molar-refractivity contribution is 0.191. The van der Waals surface area contributed by atoms with Crippen LogP contribution in [0.25, 0.3) is 0 Å². The summed E-state index contributed by atoms with van der Waals surface area (Å²) in [5.74, 6) is 2.66. The summed E-state index contributed by atoms with van der Waals surface area (Å²) >= 11 is 0. The van der Waals surface area contributed by atoms with Crippen molar-refractivity contribution in [1.82, 2.24) is 4.90 Å². The molecule has 0 aliphatic heterocycles. The predicted octanol–water partition coefficient (Wildman–Crippen LogP) is 1.07. The lowest BCUT2D eigenvalue weighted by atomic mass is 9.85. The Morgan fingerprint density at radius 1 is 1.69 bits per heavy atom. The molecule has 2 atom stereocenters. The van der Waals surface area contributed by atoms with E-state index in [-0.39, 0.29) is 5.41 Å². The molecule has 0 aromatic rings. The molecule has 2 unspecified atom stereocenters. The molecule has 13 heavy (non-hydrogen) atoms. The summed E-state index contributed by atoms with van der Waals surface area (Å²) in [5.41, 5.74) is 6.36. The molecule has 2 heteroatoms. The third-order valence-corrected chi connectivity index (χ3v) is 3.15. The quantitative estimate of drug-likeness (QED) is 0.658. The number of rotatable bonds is 3. The molecular formula is C11H20N2. The number of hydrogen-bond acceptors (Lipinski definition) is 2. The van der Waals surface area contributed by atoms with E-state index in [0.29, 0.717) is 6.04 Å². The topological polar surface area (TPSA) is 29.3 Å². The molecule has 0 heterocycles. The molecule has 1 rings (SSSR count). The number of hydrogen-bond donors (Lipinski definition) is 1. The largest absolute Gasteiger partial charge is 0.327 e. The van der Waals surface area contributed by atoms with Crippen molar-refractivity contribution in [3.8, 4) is 12.3 Å². The van der Waals surface area contributed by atoms with Crippen LogP contribution in [-0.4, -0.2) is 31.1 Å². The first kappa shape index (κ1) is 10.6. The maximum Gasteiger partial charge on any atom is 0.0596 e. The zero-order valence-corrected chi connectivity index (χ0v) is 8.71. The third kappa shape index (κ3) is 2.46. The van der Waals surface area contributed by atoms with Gasteiger partial charge in [0.15, 0.2) is 0 Å². The van der Waals surface area contributed by atoms with E-state index in [2.05, 4.69) is 24.8 Å². The summed E-state index contributed by atoms with van der Waals surface area (Å²) in [5, 5.41) is 0. The number of nitrogens with two attached hydrogens (primary N) is 1. The smallest absolute Gasteiger partial charge is 0.0596 e. The molecule has 74 valence electrons. The summed E-state index contributed by atoms with van der Waals surface area (Å²) in [4.78, 5) is 2.19. The maximum atomic E-state index is 6.08. The molecule has 1 aliphatic carbocycles. The highest BCUT2D eigenvalue weighted by atomic mass is 15.1. The van der Waals surface area contributed by atoms with Gasteiger partial charge >= 0.3 is 0 Å². The molecule has 0 aromatic heterocycles. The van der Waals surface area contributed by atoms with Crippen LogP contribution in [0, 0.1) is 17.8 Å². The molecule has 0 spiro atoms. The SMILES string of the molecule is C#CCN(C)CC1(C)CCCC1N. The standard InChI is InChI=1S/C11H20N2/c1-4-8-13(3)9-11(2)7-5-6-10(11)12/h1,10H,5-9,12H2,2-3H3. The molecule has 0 aromatic carbocycles. The van der Waals surface area contributed by atoms with Gasteiger partial charge in [0.05, 0.1) is 6.54 Å². The second-order valence-electron chi connectivity index (χ2n) is 4.53. The highest BCUT2D eigenvalue weighted by molar-refractivity contribution is 4.95. The van der Waals surface area contributed by atoms with Crippen LogP contribution in [0.15, 0.2) is 0 Å². The molecule has 1 saturated carbocycles. The normalized spacial score (nSPS) is 33.6. The van der Waals surface area contributed by atoms with Crippen LogP contribution in [0.1, 0.15) is 26.2 Å². The highest BCUT2D eigenvalue weighted by Crippen LogP contribution is 2.36. The van der Waals surface area contributed by atoms with E-state index in [1.807, 2.05) is 0 Å². The van der Waals surface area contributed by atoms with Crippen LogP contribution in [0.4, 0.5) is 0 Å². The van der Waals surface area contributed by atoms with E-state index < -0.39 is 0 Å². The van der Waals surface area contributed by atoms with Gasteiger partial charge in [-0.3, -0.25) is 4.90 Å². The monoisotopic (exact) mass is 180 g/mol. The van der Waals surface area contributed by atoms with Crippen molar-refractivity contribution in [3.05, 3.63) is 0 Å². The minimum Gasteiger partial charge on any atom is -0.327 e. The van der Waals surface area contributed by atoms with E-state index >= 15 is 0 Å². The molecule has 1 fully saturated rings. The van der Waals surface area contributed by atoms with E-state index in [4.69, 9.17) is 12.2 Å². The van der Waals surface area contributed by atoms with E-state index in [1.165, 1.54) is 19.3 Å². The Hall–Kier alpha value is -0.520. The van der Waals surface area contributed by atoms with E-state index in [1.54, 1.807) is 0 Å². The van der Waals surface area contributed by atoms with Crippen LogP contribution < -0.4 is 5.73 Å². The van der Waals surface area contributed by atoms with Crippen molar-refractivity contribution in [3.63, 3.8) is 0 Å². The van der Waals surface area contributed by atoms with Gasteiger partial charge in [-0.1, -0.05) is 19.3 Å². The van der Waals surface area contributed by atoms with E-state index in [9.17, 15) is 0 Å². The van der Waals surface area contributed by atoms with Crippen LogP contribution in [0.5, 0.6) is 0 Å². The minimum absolute atomic E-state index is 0.283. The molecule has 0 amide bonds. The molecule has 1 aliphatic rings. The van der Waals surface area contributed by atoms with Crippen LogP contribution >= 0.6 is 0 Å². The van der Waals surface area contributed by atoms with Crippen molar-refractivity contribution in [2.24, 2.45) is 11.1 Å².